The number of rotatable bonds is 6. The summed E-state index contributed by atoms with van der Waals surface area (Å²) in [7, 11) is -1.94. The quantitative estimate of drug-likeness (QED) is 0.817. The van der Waals surface area contributed by atoms with Crippen molar-refractivity contribution in [2.45, 2.75) is 31.4 Å². The smallest absolute Gasteiger partial charge is 0.276 e. The average Bonchev–Trinajstić information content (AvgIpc) is 2.74. The van der Waals surface area contributed by atoms with Gasteiger partial charge in [0.15, 0.2) is 0 Å². The lowest BCUT2D eigenvalue weighted by Crippen LogP contribution is -2.27. The molecule has 0 unspecified atom stereocenters. The highest BCUT2D eigenvalue weighted by Gasteiger charge is 2.23. The summed E-state index contributed by atoms with van der Waals surface area (Å²) in [4.78, 5) is 0. The van der Waals surface area contributed by atoms with Gasteiger partial charge in [0.1, 0.15) is 5.76 Å². The van der Waals surface area contributed by atoms with Gasteiger partial charge in [0.25, 0.3) is 10.0 Å². The van der Waals surface area contributed by atoms with Crippen LogP contribution in [0.5, 0.6) is 0 Å². The molecule has 0 aromatic carbocycles. The summed E-state index contributed by atoms with van der Waals surface area (Å²) in [5, 5.41) is -0.0356. The fourth-order valence-corrected chi connectivity index (χ4v) is 2.39. The second kappa shape index (κ2) is 5.47. The van der Waals surface area contributed by atoms with Crippen LogP contribution in [0.3, 0.4) is 0 Å². The molecular weight excluding hydrogens is 228 g/mol. The Morgan fingerprint density at radius 1 is 1.44 bits per heavy atom. The van der Waals surface area contributed by atoms with E-state index < -0.39 is 10.0 Å². The van der Waals surface area contributed by atoms with Crippen LogP contribution < -0.4 is 5.73 Å². The van der Waals surface area contributed by atoms with Gasteiger partial charge in [-0.25, -0.2) is 8.42 Å². The summed E-state index contributed by atoms with van der Waals surface area (Å²) in [6.07, 6.45) is 1.78. The zero-order chi connectivity index (χ0) is 12.2. The van der Waals surface area contributed by atoms with Crippen LogP contribution in [-0.4, -0.2) is 26.3 Å². The molecule has 0 atom stereocenters. The lowest BCUT2D eigenvalue weighted by molar-refractivity contribution is 0.387. The minimum atomic E-state index is -3.49. The van der Waals surface area contributed by atoms with Crippen molar-refractivity contribution < 1.29 is 12.8 Å². The van der Waals surface area contributed by atoms with Crippen LogP contribution in [0.4, 0.5) is 0 Å². The van der Waals surface area contributed by atoms with Crippen LogP contribution in [-0.2, 0) is 16.6 Å². The van der Waals surface area contributed by atoms with Crippen molar-refractivity contribution in [2.75, 3.05) is 13.6 Å². The monoisotopic (exact) mass is 246 g/mol. The molecule has 2 N–H and O–H groups in total. The van der Waals surface area contributed by atoms with Gasteiger partial charge in [0.05, 0.1) is 6.54 Å². The van der Waals surface area contributed by atoms with E-state index in [4.69, 9.17) is 10.2 Å². The van der Waals surface area contributed by atoms with Gasteiger partial charge in [-0.3, -0.25) is 0 Å². The fraction of sp³-hybridized carbons (Fsp3) is 0.600. The van der Waals surface area contributed by atoms with Crippen LogP contribution in [0, 0.1) is 0 Å². The Kier molecular flexibility index (Phi) is 4.52. The molecule has 0 aliphatic rings. The Morgan fingerprint density at radius 3 is 2.62 bits per heavy atom. The highest BCUT2D eigenvalue weighted by molar-refractivity contribution is 7.89. The number of nitrogens with two attached hydrogens (primary N) is 1. The summed E-state index contributed by atoms with van der Waals surface area (Å²) in [5.41, 5.74) is 5.36. The standard InChI is InChI=1S/C10H18N2O3S/c1-3-4-7-12(2)16(13,14)10-6-5-9(8-11)15-10/h5-6H,3-4,7-8,11H2,1-2H3. The molecule has 1 rings (SSSR count). The fourth-order valence-electron chi connectivity index (χ4n) is 1.26. The van der Waals surface area contributed by atoms with E-state index >= 15 is 0 Å². The Morgan fingerprint density at radius 2 is 2.12 bits per heavy atom. The van der Waals surface area contributed by atoms with Crippen LogP contribution in [0.1, 0.15) is 25.5 Å². The summed E-state index contributed by atoms with van der Waals surface area (Å²) in [6, 6.07) is 3.03. The van der Waals surface area contributed by atoms with Crippen LogP contribution in [0.15, 0.2) is 21.6 Å². The van der Waals surface area contributed by atoms with Crippen LogP contribution >= 0.6 is 0 Å². The maximum absolute atomic E-state index is 12.0. The first kappa shape index (κ1) is 13.2. The summed E-state index contributed by atoms with van der Waals surface area (Å²) in [5.74, 6) is 0.475. The van der Waals surface area contributed by atoms with Crippen molar-refractivity contribution in [1.82, 2.24) is 4.31 Å². The van der Waals surface area contributed by atoms with E-state index in [-0.39, 0.29) is 11.6 Å². The zero-order valence-corrected chi connectivity index (χ0v) is 10.5. The van der Waals surface area contributed by atoms with E-state index in [0.29, 0.717) is 12.3 Å². The van der Waals surface area contributed by atoms with E-state index in [1.54, 1.807) is 13.1 Å². The molecule has 1 heterocycles. The molecule has 6 heteroatoms. The lowest BCUT2D eigenvalue weighted by atomic mass is 10.3. The molecule has 0 spiro atoms. The van der Waals surface area contributed by atoms with Crippen molar-refractivity contribution in [3.05, 3.63) is 17.9 Å². The lowest BCUT2D eigenvalue weighted by Gasteiger charge is -2.14. The topological polar surface area (TPSA) is 76.5 Å². The highest BCUT2D eigenvalue weighted by atomic mass is 32.2. The minimum Gasteiger partial charge on any atom is -0.447 e. The number of sulfonamides is 1. The molecule has 0 bridgehead atoms. The van der Waals surface area contributed by atoms with Gasteiger partial charge in [-0.05, 0) is 18.6 Å². The summed E-state index contributed by atoms with van der Waals surface area (Å²) in [6.45, 7) is 2.71. The summed E-state index contributed by atoms with van der Waals surface area (Å²) < 4.78 is 30.4. The first-order chi connectivity index (χ1) is 7.52. The number of hydrogen-bond acceptors (Lipinski definition) is 4. The van der Waals surface area contributed by atoms with Crippen LogP contribution in [0.2, 0.25) is 0 Å². The number of hydrogen-bond donors (Lipinski definition) is 1. The second-order valence-electron chi connectivity index (χ2n) is 3.60. The first-order valence-corrected chi connectivity index (χ1v) is 6.71. The molecule has 1 aromatic heterocycles. The molecule has 0 aliphatic heterocycles. The normalized spacial score (nSPS) is 12.2. The average molecular weight is 246 g/mol. The highest BCUT2D eigenvalue weighted by Crippen LogP contribution is 2.17. The van der Waals surface area contributed by atoms with Crippen molar-refractivity contribution in [2.24, 2.45) is 5.73 Å². The largest absolute Gasteiger partial charge is 0.447 e. The van der Waals surface area contributed by atoms with E-state index in [1.807, 2.05) is 6.92 Å². The van der Waals surface area contributed by atoms with Gasteiger partial charge in [0, 0.05) is 13.6 Å². The molecule has 16 heavy (non-hydrogen) atoms. The predicted octanol–water partition coefficient (Wildman–Crippen LogP) is 1.16. The number of furan rings is 1. The third-order valence-corrected chi connectivity index (χ3v) is 4.06. The van der Waals surface area contributed by atoms with Crippen LogP contribution in [0.25, 0.3) is 0 Å². The molecule has 5 nitrogen and oxygen atoms in total. The summed E-state index contributed by atoms with van der Waals surface area (Å²) >= 11 is 0. The van der Waals surface area contributed by atoms with E-state index in [9.17, 15) is 8.42 Å². The van der Waals surface area contributed by atoms with E-state index in [0.717, 1.165) is 12.8 Å². The molecule has 0 radical (unpaired) electrons. The Balaban J connectivity index is 2.84. The molecule has 0 saturated carbocycles. The molecule has 0 amide bonds. The molecule has 0 fully saturated rings. The van der Waals surface area contributed by atoms with Crippen molar-refractivity contribution in [3.8, 4) is 0 Å². The molecule has 0 aliphatic carbocycles. The molecular formula is C10H18N2O3S. The molecule has 1 aromatic rings. The van der Waals surface area contributed by atoms with Gasteiger partial charge >= 0.3 is 0 Å². The zero-order valence-electron chi connectivity index (χ0n) is 9.64. The van der Waals surface area contributed by atoms with Crippen molar-refractivity contribution >= 4 is 10.0 Å². The third-order valence-electron chi connectivity index (χ3n) is 2.33. The Bertz CT molecular complexity index is 425. The van der Waals surface area contributed by atoms with Crippen molar-refractivity contribution in [1.29, 1.82) is 0 Å². The third kappa shape index (κ3) is 2.84. The second-order valence-corrected chi connectivity index (χ2v) is 5.58. The predicted molar refractivity (Wildman–Crippen MR) is 61.3 cm³/mol. The van der Waals surface area contributed by atoms with Gasteiger partial charge < -0.3 is 10.2 Å². The minimum absolute atomic E-state index is 0.0356. The van der Waals surface area contributed by atoms with Gasteiger partial charge in [-0.1, -0.05) is 13.3 Å². The molecule has 92 valence electrons. The Labute approximate surface area is 96.3 Å². The number of nitrogens with zero attached hydrogens (tertiary/aromatic N) is 1. The van der Waals surface area contributed by atoms with Crippen molar-refractivity contribution in [3.63, 3.8) is 0 Å². The maximum atomic E-state index is 12.0. The van der Waals surface area contributed by atoms with Gasteiger partial charge in [0.2, 0.25) is 5.09 Å². The Hall–Kier alpha value is -0.850. The van der Waals surface area contributed by atoms with E-state index in [1.165, 1.54) is 10.4 Å². The maximum Gasteiger partial charge on any atom is 0.276 e. The van der Waals surface area contributed by atoms with E-state index in [2.05, 4.69) is 0 Å². The van der Waals surface area contributed by atoms with Gasteiger partial charge in [-0.15, -0.1) is 0 Å². The van der Waals surface area contributed by atoms with Gasteiger partial charge in [-0.2, -0.15) is 4.31 Å². The molecule has 0 saturated heterocycles. The SMILES string of the molecule is CCCCN(C)S(=O)(=O)c1ccc(CN)o1. The number of unbranched alkanes of at least 4 members (excludes halogenated alkanes) is 1. The first-order valence-electron chi connectivity index (χ1n) is 5.27.